The van der Waals surface area contributed by atoms with Crippen LogP contribution in [0.5, 0.6) is 0 Å². The van der Waals surface area contributed by atoms with E-state index in [4.69, 9.17) is 5.73 Å². The van der Waals surface area contributed by atoms with Gasteiger partial charge in [-0.2, -0.15) is 0 Å². The van der Waals surface area contributed by atoms with Crippen LogP contribution in [0, 0.1) is 0 Å². The van der Waals surface area contributed by atoms with Crippen molar-refractivity contribution >= 4 is 37.2 Å². The smallest absolute Gasteiger partial charge is 0.0479 e. The third kappa shape index (κ3) is 6.17. The molecule has 1 atom stereocenters. The first-order valence-electron chi connectivity index (χ1n) is 4.02. The molecule has 15 heavy (non-hydrogen) atoms. The lowest BCUT2D eigenvalue weighted by molar-refractivity contribution is 0.305. The first-order valence-corrected chi connectivity index (χ1v) is 4.02. The van der Waals surface area contributed by atoms with Gasteiger partial charge < -0.3 is 10.6 Å². The average molecular weight is 275 g/mol. The summed E-state index contributed by atoms with van der Waals surface area (Å²) in [4.78, 5) is 6.15. The molecule has 2 N–H and O–H groups in total. The number of pyridine rings is 1. The molecule has 1 heterocycles. The van der Waals surface area contributed by atoms with Crippen LogP contribution in [0.4, 0.5) is 0 Å². The highest BCUT2D eigenvalue weighted by Crippen LogP contribution is 2.14. The van der Waals surface area contributed by atoms with E-state index in [1.807, 2.05) is 32.4 Å². The third-order valence-electron chi connectivity index (χ3n) is 1.92. The highest BCUT2D eigenvalue weighted by molar-refractivity contribution is 5.86. The topological polar surface area (TPSA) is 42.1 Å². The van der Waals surface area contributed by atoms with E-state index in [2.05, 4.69) is 9.88 Å². The van der Waals surface area contributed by atoms with Gasteiger partial charge in [-0.05, 0) is 25.7 Å². The standard InChI is InChI=1S/C9H15N3.3ClH/c1-12(2)9(6-10)8-4-3-5-11-7-8;;;/h3-5,7,9H,6,10H2,1-2H3;3*1H. The predicted octanol–water partition coefficient (Wildman–Crippen LogP) is 1.91. The minimum absolute atomic E-state index is 0. The molecule has 0 bridgehead atoms. The summed E-state index contributed by atoms with van der Waals surface area (Å²) < 4.78 is 0. The summed E-state index contributed by atoms with van der Waals surface area (Å²) in [6, 6.07) is 4.25. The van der Waals surface area contributed by atoms with Crippen molar-refractivity contribution in [3.63, 3.8) is 0 Å². The number of nitrogens with two attached hydrogens (primary N) is 1. The van der Waals surface area contributed by atoms with Crippen LogP contribution in [0.1, 0.15) is 11.6 Å². The summed E-state index contributed by atoms with van der Waals surface area (Å²) in [5.74, 6) is 0. The second-order valence-electron chi connectivity index (χ2n) is 3.00. The quantitative estimate of drug-likeness (QED) is 0.915. The zero-order valence-corrected chi connectivity index (χ0v) is 11.2. The van der Waals surface area contributed by atoms with E-state index in [1.165, 1.54) is 5.56 Å². The molecule has 0 radical (unpaired) electrons. The average Bonchev–Trinajstić information content (AvgIpc) is 2.07. The zero-order chi connectivity index (χ0) is 8.97. The van der Waals surface area contributed by atoms with E-state index >= 15 is 0 Å². The molecule has 1 rings (SSSR count). The molecule has 0 aliphatic heterocycles. The van der Waals surface area contributed by atoms with Gasteiger partial charge in [0.15, 0.2) is 0 Å². The van der Waals surface area contributed by atoms with E-state index < -0.39 is 0 Å². The Labute approximate surface area is 110 Å². The SMILES string of the molecule is CN(C)C(CN)c1cccnc1.Cl.Cl.Cl. The van der Waals surface area contributed by atoms with E-state index in [0.29, 0.717) is 6.54 Å². The Bertz CT molecular complexity index is 231. The van der Waals surface area contributed by atoms with Crippen molar-refractivity contribution < 1.29 is 0 Å². The monoisotopic (exact) mass is 273 g/mol. The van der Waals surface area contributed by atoms with Gasteiger partial charge in [0.05, 0.1) is 0 Å². The number of aromatic nitrogens is 1. The summed E-state index contributed by atoms with van der Waals surface area (Å²) in [5.41, 5.74) is 6.81. The van der Waals surface area contributed by atoms with Crippen molar-refractivity contribution in [1.82, 2.24) is 9.88 Å². The van der Waals surface area contributed by atoms with E-state index in [9.17, 15) is 0 Å². The van der Waals surface area contributed by atoms with Crippen molar-refractivity contribution in [3.05, 3.63) is 30.1 Å². The fourth-order valence-corrected chi connectivity index (χ4v) is 1.22. The molecule has 1 unspecified atom stereocenters. The lowest BCUT2D eigenvalue weighted by Gasteiger charge is -2.22. The second kappa shape index (κ2) is 10.5. The lowest BCUT2D eigenvalue weighted by Crippen LogP contribution is -2.27. The Kier molecular flexibility index (Phi) is 14.2. The van der Waals surface area contributed by atoms with Crippen LogP contribution in [0.25, 0.3) is 0 Å². The van der Waals surface area contributed by atoms with E-state index in [1.54, 1.807) is 6.20 Å². The molecule has 0 saturated heterocycles. The fraction of sp³-hybridized carbons (Fsp3) is 0.444. The minimum atomic E-state index is 0. The number of hydrogen-bond acceptors (Lipinski definition) is 3. The number of nitrogens with zero attached hydrogens (tertiary/aromatic N) is 2. The summed E-state index contributed by atoms with van der Waals surface area (Å²) in [5, 5.41) is 0. The molecular formula is C9H18Cl3N3. The third-order valence-corrected chi connectivity index (χ3v) is 1.92. The molecule has 3 nitrogen and oxygen atoms in total. The molecular weight excluding hydrogens is 256 g/mol. The summed E-state index contributed by atoms with van der Waals surface area (Å²) >= 11 is 0. The second-order valence-corrected chi connectivity index (χ2v) is 3.00. The van der Waals surface area contributed by atoms with E-state index in [0.717, 1.165) is 0 Å². The predicted molar refractivity (Wildman–Crippen MR) is 71.5 cm³/mol. The van der Waals surface area contributed by atoms with Crippen LogP contribution < -0.4 is 5.73 Å². The summed E-state index contributed by atoms with van der Waals surface area (Å²) in [7, 11) is 4.04. The van der Waals surface area contributed by atoms with Crippen LogP contribution in [0.15, 0.2) is 24.5 Å². The van der Waals surface area contributed by atoms with Crippen molar-refractivity contribution in [2.24, 2.45) is 5.73 Å². The van der Waals surface area contributed by atoms with Gasteiger partial charge in [-0.15, -0.1) is 37.2 Å². The Morgan fingerprint density at radius 2 is 1.93 bits per heavy atom. The van der Waals surface area contributed by atoms with Crippen molar-refractivity contribution in [2.45, 2.75) is 6.04 Å². The van der Waals surface area contributed by atoms with Crippen LogP contribution in [0.3, 0.4) is 0 Å². The zero-order valence-electron chi connectivity index (χ0n) is 8.79. The first-order chi connectivity index (χ1) is 5.75. The molecule has 6 heteroatoms. The minimum Gasteiger partial charge on any atom is -0.329 e. The largest absolute Gasteiger partial charge is 0.329 e. The molecule has 0 aromatic carbocycles. The first kappa shape index (κ1) is 20.4. The Hall–Kier alpha value is -0.0600. The molecule has 0 amide bonds. The Morgan fingerprint density at radius 3 is 2.27 bits per heavy atom. The van der Waals surface area contributed by atoms with Gasteiger partial charge in [-0.3, -0.25) is 4.98 Å². The molecule has 1 aromatic rings. The maximum atomic E-state index is 5.64. The Balaban J connectivity index is -0.000000480. The summed E-state index contributed by atoms with van der Waals surface area (Å²) in [6.45, 7) is 0.624. The maximum absolute atomic E-state index is 5.64. The number of hydrogen-bond donors (Lipinski definition) is 1. The van der Waals surface area contributed by atoms with Crippen LogP contribution >= 0.6 is 37.2 Å². The van der Waals surface area contributed by atoms with Crippen molar-refractivity contribution in [1.29, 1.82) is 0 Å². The van der Waals surface area contributed by atoms with Gasteiger partial charge in [-0.25, -0.2) is 0 Å². The Morgan fingerprint density at radius 1 is 1.33 bits per heavy atom. The number of likely N-dealkylation sites (N-methyl/N-ethyl adjacent to an activating group) is 1. The van der Waals surface area contributed by atoms with Gasteiger partial charge in [0, 0.05) is 25.0 Å². The number of rotatable bonds is 3. The highest BCUT2D eigenvalue weighted by atomic mass is 35.5. The van der Waals surface area contributed by atoms with Crippen LogP contribution in [-0.4, -0.2) is 30.5 Å². The molecule has 0 aliphatic carbocycles. The number of halogens is 3. The lowest BCUT2D eigenvalue weighted by atomic mass is 10.1. The molecule has 1 aromatic heterocycles. The van der Waals surface area contributed by atoms with Gasteiger partial charge in [0.2, 0.25) is 0 Å². The molecule has 0 saturated carbocycles. The normalized spacial score (nSPS) is 10.7. The van der Waals surface area contributed by atoms with Crippen LogP contribution in [0.2, 0.25) is 0 Å². The van der Waals surface area contributed by atoms with Gasteiger partial charge >= 0.3 is 0 Å². The highest BCUT2D eigenvalue weighted by Gasteiger charge is 2.10. The fourth-order valence-electron chi connectivity index (χ4n) is 1.22. The maximum Gasteiger partial charge on any atom is 0.0479 e. The van der Waals surface area contributed by atoms with Gasteiger partial charge in [-0.1, -0.05) is 6.07 Å². The molecule has 90 valence electrons. The van der Waals surface area contributed by atoms with Gasteiger partial charge in [0.25, 0.3) is 0 Å². The van der Waals surface area contributed by atoms with Crippen molar-refractivity contribution in [2.75, 3.05) is 20.6 Å². The van der Waals surface area contributed by atoms with E-state index in [-0.39, 0.29) is 43.3 Å². The van der Waals surface area contributed by atoms with Crippen LogP contribution in [-0.2, 0) is 0 Å². The van der Waals surface area contributed by atoms with Crippen molar-refractivity contribution in [3.8, 4) is 0 Å². The summed E-state index contributed by atoms with van der Waals surface area (Å²) in [6.07, 6.45) is 3.63. The molecule has 0 fully saturated rings. The molecule has 0 aliphatic rings. The van der Waals surface area contributed by atoms with Gasteiger partial charge in [0.1, 0.15) is 0 Å². The molecule has 0 spiro atoms.